The van der Waals surface area contributed by atoms with Crippen molar-refractivity contribution in [3.05, 3.63) is 52.0 Å². The molecule has 0 radical (unpaired) electrons. The lowest BCUT2D eigenvalue weighted by Gasteiger charge is -2.20. The van der Waals surface area contributed by atoms with E-state index in [1.807, 2.05) is 30.3 Å². The molecule has 0 bridgehead atoms. The maximum Gasteiger partial charge on any atom is 0.306 e. The quantitative estimate of drug-likeness (QED) is 0.380. The van der Waals surface area contributed by atoms with Gasteiger partial charge in [0.05, 0.1) is 5.92 Å². The number of ether oxygens (including phenoxy) is 1. The molecule has 3 unspecified atom stereocenters. The standard InChI is InChI=1S/C22H29N3O5S.C3H8/c1-14(22(28)29)11-17(12-16-7-5-4-6-8-16)24-20(27)18-13-31-21(25-18)19(9-10-23-3)30-15(2)26;1-3-2/h4-8,13-14,17,19,23H,9-12H2,1-3H3,(H,24,27)(H,28,29);3H2,1-2H3. The second-order valence-electron chi connectivity index (χ2n) is 8.10. The molecule has 8 nitrogen and oxygen atoms in total. The van der Waals surface area contributed by atoms with E-state index < -0.39 is 24.0 Å². The van der Waals surface area contributed by atoms with Crippen molar-refractivity contribution in [1.29, 1.82) is 0 Å². The minimum absolute atomic E-state index is 0.225. The maximum absolute atomic E-state index is 12.8. The van der Waals surface area contributed by atoms with Crippen LogP contribution in [-0.4, -0.2) is 47.6 Å². The van der Waals surface area contributed by atoms with E-state index in [9.17, 15) is 19.5 Å². The predicted octanol–water partition coefficient (Wildman–Crippen LogP) is 4.23. The Morgan fingerprint density at radius 3 is 2.38 bits per heavy atom. The van der Waals surface area contributed by atoms with Crippen LogP contribution in [0.1, 0.15) is 74.1 Å². The summed E-state index contributed by atoms with van der Waals surface area (Å²) < 4.78 is 5.34. The first-order chi connectivity index (χ1) is 16.2. The molecular formula is C25H37N3O5S. The van der Waals surface area contributed by atoms with Gasteiger partial charge in [-0.1, -0.05) is 57.5 Å². The van der Waals surface area contributed by atoms with Gasteiger partial charge in [0, 0.05) is 24.8 Å². The van der Waals surface area contributed by atoms with Crippen molar-refractivity contribution in [1.82, 2.24) is 15.6 Å². The first-order valence-electron chi connectivity index (χ1n) is 11.6. The second-order valence-corrected chi connectivity index (χ2v) is 8.99. The molecule has 1 aromatic carbocycles. The van der Waals surface area contributed by atoms with Crippen LogP contribution in [0.15, 0.2) is 35.7 Å². The summed E-state index contributed by atoms with van der Waals surface area (Å²) in [4.78, 5) is 40.0. The summed E-state index contributed by atoms with van der Waals surface area (Å²) in [5.74, 6) is -2.30. The van der Waals surface area contributed by atoms with Crippen molar-refractivity contribution in [3.8, 4) is 0 Å². The predicted molar refractivity (Wildman–Crippen MR) is 134 cm³/mol. The summed E-state index contributed by atoms with van der Waals surface area (Å²) in [6.45, 7) is 7.84. The Balaban J connectivity index is 0.00000182. The number of aliphatic carboxylic acids is 1. The van der Waals surface area contributed by atoms with Gasteiger partial charge in [-0.25, -0.2) is 4.98 Å². The van der Waals surface area contributed by atoms with Crippen molar-refractivity contribution in [3.63, 3.8) is 0 Å². The van der Waals surface area contributed by atoms with Gasteiger partial charge in [0.1, 0.15) is 10.7 Å². The van der Waals surface area contributed by atoms with Crippen LogP contribution in [-0.2, 0) is 20.7 Å². The number of carbonyl (C=O) groups excluding carboxylic acids is 2. The van der Waals surface area contributed by atoms with Crippen LogP contribution >= 0.6 is 11.3 Å². The fourth-order valence-corrected chi connectivity index (χ4v) is 3.99. The van der Waals surface area contributed by atoms with Gasteiger partial charge in [-0.2, -0.15) is 0 Å². The molecule has 1 heterocycles. The van der Waals surface area contributed by atoms with Crippen molar-refractivity contribution >= 4 is 29.2 Å². The average Bonchev–Trinajstić information content (AvgIpc) is 3.28. The molecule has 0 aliphatic carbocycles. The van der Waals surface area contributed by atoms with E-state index >= 15 is 0 Å². The highest BCUT2D eigenvalue weighted by molar-refractivity contribution is 7.09. The molecule has 3 N–H and O–H groups in total. The van der Waals surface area contributed by atoms with E-state index in [2.05, 4.69) is 29.5 Å². The van der Waals surface area contributed by atoms with Crippen LogP contribution in [0.5, 0.6) is 0 Å². The van der Waals surface area contributed by atoms with E-state index in [0.29, 0.717) is 30.8 Å². The summed E-state index contributed by atoms with van der Waals surface area (Å²) in [6, 6.07) is 9.23. The van der Waals surface area contributed by atoms with Gasteiger partial charge in [0.15, 0.2) is 6.10 Å². The van der Waals surface area contributed by atoms with Gasteiger partial charge in [0.2, 0.25) is 0 Å². The van der Waals surface area contributed by atoms with Crippen molar-refractivity contribution in [2.45, 2.75) is 65.5 Å². The van der Waals surface area contributed by atoms with Gasteiger partial charge in [-0.3, -0.25) is 14.4 Å². The van der Waals surface area contributed by atoms with Gasteiger partial charge >= 0.3 is 11.9 Å². The van der Waals surface area contributed by atoms with E-state index in [1.54, 1.807) is 19.4 Å². The number of thiazole rings is 1. The molecule has 9 heteroatoms. The van der Waals surface area contributed by atoms with Crippen molar-refractivity contribution in [2.24, 2.45) is 5.92 Å². The smallest absolute Gasteiger partial charge is 0.306 e. The highest BCUT2D eigenvalue weighted by Crippen LogP contribution is 2.25. The van der Waals surface area contributed by atoms with E-state index in [-0.39, 0.29) is 17.6 Å². The molecule has 0 fully saturated rings. The summed E-state index contributed by atoms with van der Waals surface area (Å²) >= 11 is 1.26. The van der Waals surface area contributed by atoms with Crippen LogP contribution in [0.4, 0.5) is 0 Å². The minimum Gasteiger partial charge on any atom is -0.481 e. The molecule has 0 saturated heterocycles. The van der Waals surface area contributed by atoms with Crippen molar-refractivity contribution < 1.29 is 24.2 Å². The fraction of sp³-hybridized carbons (Fsp3) is 0.520. The third-order valence-electron chi connectivity index (χ3n) is 4.71. The van der Waals surface area contributed by atoms with Gasteiger partial charge in [0.25, 0.3) is 5.91 Å². The van der Waals surface area contributed by atoms with Gasteiger partial charge in [-0.15, -0.1) is 11.3 Å². The number of benzene rings is 1. The molecule has 0 saturated carbocycles. The largest absolute Gasteiger partial charge is 0.481 e. The summed E-state index contributed by atoms with van der Waals surface area (Å²) in [6.07, 6.45) is 2.07. The third-order valence-corrected chi connectivity index (χ3v) is 5.65. The fourth-order valence-electron chi connectivity index (χ4n) is 3.13. The zero-order chi connectivity index (χ0) is 25.5. The number of aromatic nitrogens is 1. The van der Waals surface area contributed by atoms with Crippen LogP contribution < -0.4 is 10.6 Å². The number of amides is 1. The molecule has 34 heavy (non-hydrogen) atoms. The Kier molecular flexibility index (Phi) is 13.7. The topological polar surface area (TPSA) is 118 Å². The SMILES string of the molecule is CCC.CNCCC(OC(C)=O)c1nc(C(=O)NC(Cc2ccccc2)CC(C)C(=O)O)cs1. The highest BCUT2D eigenvalue weighted by Gasteiger charge is 2.24. The summed E-state index contributed by atoms with van der Waals surface area (Å²) in [5.41, 5.74) is 1.23. The normalized spacial score (nSPS) is 13.1. The third kappa shape index (κ3) is 10.9. The van der Waals surface area contributed by atoms with E-state index in [1.165, 1.54) is 24.7 Å². The molecular weight excluding hydrogens is 454 g/mol. The Morgan fingerprint density at radius 2 is 1.82 bits per heavy atom. The lowest BCUT2D eigenvalue weighted by molar-refractivity contribution is -0.147. The van der Waals surface area contributed by atoms with E-state index in [4.69, 9.17) is 4.74 Å². The Morgan fingerprint density at radius 1 is 1.18 bits per heavy atom. The number of hydrogen-bond donors (Lipinski definition) is 3. The second kappa shape index (κ2) is 16.0. The number of nitrogens with one attached hydrogen (secondary N) is 2. The molecule has 0 spiro atoms. The van der Waals surface area contributed by atoms with Crippen LogP contribution in [0, 0.1) is 5.92 Å². The number of carbonyl (C=O) groups is 3. The van der Waals surface area contributed by atoms with Gasteiger partial charge < -0.3 is 20.5 Å². The zero-order valence-electron chi connectivity index (χ0n) is 20.7. The number of rotatable bonds is 12. The molecule has 3 atom stereocenters. The first kappa shape index (κ1) is 29.3. The number of nitrogens with zero attached hydrogens (tertiary/aromatic N) is 1. The molecule has 0 aliphatic rings. The Bertz CT molecular complexity index is 888. The molecule has 1 amide bonds. The average molecular weight is 492 g/mol. The lowest BCUT2D eigenvalue weighted by atomic mass is 9.96. The maximum atomic E-state index is 12.8. The summed E-state index contributed by atoms with van der Waals surface area (Å²) in [7, 11) is 1.80. The van der Waals surface area contributed by atoms with Crippen LogP contribution in [0.2, 0.25) is 0 Å². The molecule has 1 aromatic heterocycles. The van der Waals surface area contributed by atoms with Crippen molar-refractivity contribution in [2.75, 3.05) is 13.6 Å². The number of carboxylic acid groups (broad SMARTS) is 1. The number of hydrogen-bond acceptors (Lipinski definition) is 7. The zero-order valence-corrected chi connectivity index (χ0v) is 21.5. The molecule has 2 aromatic rings. The Hall–Kier alpha value is -2.78. The Labute approximate surface area is 206 Å². The minimum atomic E-state index is -0.906. The monoisotopic (exact) mass is 491 g/mol. The van der Waals surface area contributed by atoms with Gasteiger partial charge in [-0.05, 0) is 32.0 Å². The van der Waals surface area contributed by atoms with E-state index in [0.717, 1.165) is 5.56 Å². The molecule has 2 rings (SSSR count). The number of carboxylic acids is 1. The highest BCUT2D eigenvalue weighted by atomic mass is 32.1. The molecule has 0 aliphatic heterocycles. The molecule has 188 valence electrons. The van der Waals surface area contributed by atoms with Crippen LogP contribution in [0.25, 0.3) is 0 Å². The number of esters is 1. The van der Waals surface area contributed by atoms with Crippen LogP contribution in [0.3, 0.4) is 0 Å². The lowest BCUT2D eigenvalue weighted by Crippen LogP contribution is -2.38. The summed E-state index contributed by atoms with van der Waals surface area (Å²) in [5, 5.41) is 17.4. The first-order valence-corrected chi connectivity index (χ1v) is 12.4.